The SMILES string of the molecule is COc1cc(CC(=O)NCCCNC(=O)NC(C)CC(=O)O)ccc1NC(=O)Nc1ccccc1C. The summed E-state index contributed by atoms with van der Waals surface area (Å²) >= 11 is 0. The Balaban J connectivity index is 1.75. The summed E-state index contributed by atoms with van der Waals surface area (Å²) in [5.74, 6) is -0.764. The molecule has 0 fully saturated rings. The molecule has 0 saturated heterocycles. The summed E-state index contributed by atoms with van der Waals surface area (Å²) in [6, 6.07) is 11.2. The molecule has 11 heteroatoms. The molecule has 0 aliphatic rings. The highest BCUT2D eigenvalue weighted by atomic mass is 16.5. The largest absolute Gasteiger partial charge is 0.495 e. The summed E-state index contributed by atoms with van der Waals surface area (Å²) in [6.45, 7) is 4.19. The number of hydrogen-bond donors (Lipinski definition) is 6. The van der Waals surface area contributed by atoms with Crippen molar-refractivity contribution in [2.45, 2.75) is 39.2 Å². The van der Waals surface area contributed by atoms with E-state index in [1.807, 2.05) is 31.2 Å². The molecule has 2 aromatic rings. The molecular weight excluding hydrogens is 466 g/mol. The molecule has 36 heavy (non-hydrogen) atoms. The van der Waals surface area contributed by atoms with Crippen molar-refractivity contribution in [2.24, 2.45) is 0 Å². The van der Waals surface area contributed by atoms with Gasteiger partial charge in [0.15, 0.2) is 0 Å². The Bertz CT molecular complexity index is 1070. The van der Waals surface area contributed by atoms with Crippen LogP contribution in [0.2, 0.25) is 0 Å². The lowest BCUT2D eigenvalue weighted by atomic mass is 10.1. The molecule has 0 spiro atoms. The number of ether oxygens (including phenoxy) is 1. The number of amides is 5. The van der Waals surface area contributed by atoms with Crippen LogP contribution < -0.4 is 31.3 Å². The molecule has 0 aliphatic carbocycles. The second kappa shape index (κ2) is 14.2. The number of aliphatic carboxylic acids is 1. The number of nitrogens with one attached hydrogen (secondary N) is 5. The maximum absolute atomic E-state index is 12.4. The lowest BCUT2D eigenvalue weighted by Gasteiger charge is -2.14. The summed E-state index contributed by atoms with van der Waals surface area (Å²) in [4.78, 5) is 46.9. The van der Waals surface area contributed by atoms with Crippen molar-refractivity contribution in [3.05, 3.63) is 53.6 Å². The van der Waals surface area contributed by atoms with Crippen LogP contribution in [-0.4, -0.2) is 55.3 Å². The fraction of sp³-hybridized carbons (Fsp3) is 0.360. The van der Waals surface area contributed by atoms with Crippen LogP contribution in [0.3, 0.4) is 0 Å². The van der Waals surface area contributed by atoms with Gasteiger partial charge >= 0.3 is 18.0 Å². The van der Waals surface area contributed by atoms with Gasteiger partial charge in [-0.3, -0.25) is 9.59 Å². The third-order valence-corrected chi connectivity index (χ3v) is 5.09. The van der Waals surface area contributed by atoms with Crippen LogP contribution in [0, 0.1) is 6.92 Å². The Morgan fingerprint density at radius 2 is 1.64 bits per heavy atom. The first-order valence-corrected chi connectivity index (χ1v) is 11.5. The molecule has 0 radical (unpaired) electrons. The van der Waals surface area contributed by atoms with E-state index in [9.17, 15) is 19.2 Å². The van der Waals surface area contributed by atoms with Crippen LogP contribution >= 0.6 is 0 Å². The van der Waals surface area contributed by atoms with E-state index in [4.69, 9.17) is 9.84 Å². The molecule has 0 heterocycles. The average molecular weight is 500 g/mol. The van der Waals surface area contributed by atoms with Crippen molar-refractivity contribution >= 4 is 35.3 Å². The highest BCUT2D eigenvalue weighted by Gasteiger charge is 2.12. The van der Waals surface area contributed by atoms with Gasteiger partial charge in [-0.2, -0.15) is 0 Å². The molecule has 0 saturated carbocycles. The summed E-state index contributed by atoms with van der Waals surface area (Å²) in [7, 11) is 1.48. The first kappa shape index (κ1) is 28.0. The number of methoxy groups -OCH3 is 1. The minimum Gasteiger partial charge on any atom is -0.495 e. The van der Waals surface area contributed by atoms with Gasteiger partial charge in [0.1, 0.15) is 5.75 Å². The van der Waals surface area contributed by atoms with Gasteiger partial charge in [-0.05, 0) is 49.6 Å². The summed E-state index contributed by atoms with van der Waals surface area (Å²) < 4.78 is 5.37. The number of anilines is 2. The van der Waals surface area contributed by atoms with Crippen LogP contribution in [0.4, 0.5) is 21.0 Å². The van der Waals surface area contributed by atoms with Gasteiger partial charge in [0.05, 0.1) is 25.6 Å². The maximum atomic E-state index is 12.4. The fourth-order valence-corrected chi connectivity index (χ4v) is 3.29. The first-order chi connectivity index (χ1) is 17.2. The fourth-order valence-electron chi connectivity index (χ4n) is 3.29. The monoisotopic (exact) mass is 499 g/mol. The standard InChI is InChI=1S/C25H33N5O6/c1-16-7-4-5-8-19(16)29-25(35)30-20-10-9-18(14-21(20)36-3)15-22(31)26-11-6-12-27-24(34)28-17(2)13-23(32)33/h4-5,7-10,14,17H,6,11-13,15H2,1-3H3,(H,26,31)(H,32,33)(H2,27,28,34)(H2,29,30,35). The predicted molar refractivity (Wildman–Crippen MR) is 136 cm³/mol. The Hall–Kier alpha value is -4.28. The van der Waals surface area contributed by atoms with E-state index in [1.54, 1.807) is 25.1 Å². The third kappa shape index (κ3) is 9.92. The van der Waals surface area contributed by atoms with Crippen LogP contribution in [0.1, 0.15) is 30.9 Å². The second-order valence-electron chi connectivity index (χ2n) is 8.21. The van der Waals surface area contributed by atoms with E-state index in [2.05, 4.69) is 26.6 Å². The van der Waals surface area contributed by atoms with Gasteiger partial charge in [0, 0.05) is 24.8 Å². The normalized spacial score (nSPS) is 11.1. The third-order valence-electron chi connectivity index (χ3n) is 5.09. The number of hydrogen-bond acceptors (Lipinski definition) is 5. The highest BCUT2D eigenvalue weighted by molar-refractivity contribution is 6.01. The van der Waals surface area contributed by atoms with E-state index in [1.165, 1.54) is 7.11 Å². The lowest BCUT2D eigenvalue weighted by Crippen LogP contribution is -2.42. The molecular formula is C25H33N5O6. The van der Waals surface area contributed by atoms with E-state index in [-0.39, 0.29) is 18.7 Å². The quantitative estimate of drug-likeness (QED) is 0.247. The molecule has 2 aromatic carbocycles. The smallest absolute Gasteiger partial charge is 0.323 e. The number of carbonyl (C=O) groups excluding carboxylic acids is 3. The van der Waals surface area contributed by atoms with Crippen molar-refractivity contribution in [1.82, 2.24) is 16.0 Å². The number of aryl methyl sites for hydroxylation is 1. The topological polar surface area (TPSA) is 158 Å². The van der Waals surface area contributed by atoms with Gasteiger partial charge in [-0.25, -0.2) is 9.59 Å². The van der Waals surface area contributed by atoms with Crippen LogP contribution in [0.5, 0.6) is 5.75 Å². The molecule has 0 bridgehead atoms. The van der Waals surface area contributed by atoms with Crippen molar-refractivity contribution < 1.29 is 29.0 Å². The molecule has 2 rings (SSSR count). The Morgan fingerprint density at radius 1 is 0.944 bits per heavy atom. The molecule has 194 valence electrons. The van der Waals surface area contributed by atoms with Gasteiger partial charge in [0.2, 0.25) is 5.91 Å². The molecule has 11 nitrogen and oxygen atoms in total. The number of carboxylic acids is 1. The van der Waals surface area contributed by atoms with E-state index in [0.717, 1.165) is 5.56 Å². The van der Waals surface area contributed by atoms with Crippen molar-refractivity contribution in [2.75, 3.05) is 30.8 Å². The summed E-state index contributed by atoms with van der Waals surface area (Å²) in [5, 5.41) is 22.2. The van der Waals surface area contributed by atoms with E-state index < -0.39 is 24.1 Å². The number of benzene rings is 2. The first-order valence-electron chi connectivity index (χ1n) is 11.5. The zero-order valence-corrected chi connectivity index (χ0v) is 20.6. The summed E-state index contributed by atoms with van der Waals surface area (Å²) in [5.41, 5.74) is 2.81. The highest BCUT2D eigenvalue weighted by Crippen LogP contribution is 2.26. The van der Waals surface area contributed by atoms with E-state index >= 15 is 0 Å². The van der Waals surface area contributed by atoms with Gasteiger partial charge in [-0.15, -0.1) is 0 Å². The van der Waals surface area contributed by atoms with Gasteiger partial charge in [0.25, 0.3) is 0 Å². The van der Waals surface area contributed by atoms with Crippen LogP contribution in [0.25, 0.3) is 0 Å². The molecule has 5 amide bonds. The molecule has 6 N–H and O–H groups in total. The van der Waals surface area contributed by atoms with E-state index in [0.29, 0.717) is 42.2 Å². The minimum atomic E-state index is -0.988. The van der Waals surface area contributed by atoms with Crippen molar-refractivity contribution in [3.63, 3.8) is 0 Å². The molecule has 0 aliphatic heterocycles. The van der Waals surface area contributed by atoms with Gasteiger partial charge < -0.3 is 36.4 Å². The van der Waals surface area contributed by atoms with Crippen molar-refractivity contribution in [3.8, 4) is 5.75 Å². The molecule has 1 unspecified atom stereocenters. The lowest BCUT2D eigenvalue weighted by molar-refractivity contribution is -0.137. The van der Waals surface area contributed by atoms with Crippen LogP contribution in [-0.2, 0) is 16.0 Å². The van der Waals surface area contributed by atoms with Gasteiger partial charge in [-0.1, -0.05) is 24.3 Å². The number of para-hydroxylation sites is 1. The van der Waals surface area contributed by atoms with Crippen molar-refractivity contribution in [1.29, 1.82) is 0 Å². The Morgan fingerprint density at radius 3 is 2.33 bits per heavy atom. The molecule has 0 aromatic heterocycles. The number of carboxylic acid groups (broad SMARTS) is 1. The Labute approximate surface area is 210 Å². The summed E-state index contributed by atoms with van der Waals surface area (Å²) in [6.07, 6.45) is 0.465. The zero-order valence-electron chi connectivity index (χ0n) is 20.6. The molecule has 1 atom stereocenters. The van der Waals surface area contributed by atoms with Crippen LogP contribution in [0.15, 0.2) is 42.5 Å². The maximum Gasteiger partial charge on any atom is 0.323 e. The average Bonchev–Trinajstić information content (AvgIpc) is 2.80. The second-order valence-corrected chi connectivity index (χ2v) is 8.21. The number of carbonyl (C=O) groups is 4. The zero-order chi connectivity index (χ0) is 26.5. The predicted octanol–water partition coefficient (Wildman–Crippen LogP) is 2.86. The Kier molecular flexibility index (Phi) is 11.0. The number of urea groups is 2. The number of rotatable bonds is 12. The minimum absolute atomic E-state index is 0.118.